The highest BCUT2D eigenvalue weighted by molar-refractivity contribution is 7.80. The minimum atomic E-state index is -1.72. The molecule has 2 rings (SSSR count). The number of phenols is 1. The molecule has 0 aliphatic carbocycles. The number of benzene rings is 1. The number of phenolic OH excluding ortho intramolecular Hbond substituents is 1. The van der Waals surface area contributed by atoms with E-state index < -0.39 is 164 Å². The molecule has 0 spiro atoms. The number of amides is 12. The molecule has 9 unspecified atom stereocenters. The van der Waals surface area contributed by atoms with Gasteiger partial charge >= 0.3 is 0 Å². The quantitative estimate of drug-likeness (QED) is 0.0312. The number of aliphatic hydroxyl groups excluding tert-OH is 2. The Labute approximate surface area is 422 Å². The molecule has 2 aromatic rings. The zero-order chi connectivity index (χ0) is 55.1. The van der Waals surface area contributed by atoms with Crippen LogP contribution in [0.5, 0.6) is 5.75 Å². The number of rotatable bonds is 31. The van der Waals surface area contributed by atoms with Crippen LogP contribution in [-0.2, 0) is 70.4 Å². The monoisotopic (exact) mass is 1050 g/mol. The molecule has 0 saturated heterocycles. The molecule has 31 heteroatoms. The Kier molecular flexibility index (Phi) is 25.2. The van der Waals surface area contributed by atoms with E-state index in [9.17, 15) is 72.9 Å². The number of imidazole rings is 1. The van der Waals surface area contributed by atoms with Crippen LogP contribution in [0.25, 0.3) is 0 Å². The number of aromatic amines is 1. The van der Waals surface area contributed by atoms with Gasteiger partial charge in [0.15, 0.2) is 0 Å². The SMILES string of the molecule is CC(C)C(NC(=O)CNC(=O)C(CC(N)=O)NC(=O)CNC(=O)C(Cc1ccc(O)cc1)NC(=O)C(CO)NC(=O)C(N)C(C)O)C(=O)NC(Cc1cnc[nH]1)C(=O)NC(CS)C(=O)NC(CC(N)=O)C(N)=O. The third-order valence-electron chi connectivity index (χ3n) is 10.3. The average molecular weight is 1050 g/mol. The second-order valence-corrected chi connectivity index (χ2v) is 17.0. The highest BCUT2D eigenvalue weighted by atomic mass is 32.1. The number of aliphatic hydroxyl groups is 2. The second kappa shape index (κ2) is 30.1. The van der Waals surface area contributed by atoms with Crippen LogP contribution in [-0.4, -0.2) is 176 Å². The van der Waals surface area contributed by atoms with E-state index in [2.05, 4.69) is 70.4 Å². The summed E-state index contributed by atoms with van der Waals surface area (Å²) in [5, 5.41) is 49.8. The van der Waals surface area contributed by atoms with Crippen LogP contribution in [0.1, 0.15) is 44.9 Å². The van der Waals surface area contributed by atoms with E-state index in [1.54, 1.807) is 13.8 Å². The molecule has 1 aromatic heterocycles. The Morgan fingerprint density at radius 2 is 1.10 bits per heavy atom. The van der Waals surface area contributed by atoms with Gasteiger partial charge in [-0.2, -0.15) is 12.6 Å². The van der Waals surface area contributed by atoms with E-state index in [0.717, 1.165) is 0 Å². The van der Waals surface area contributed by atoms with Crippen LogP contribution in [0.3, 0.4) is 0 Å². The van der Waals surface area contributed by atoms with Gasteiger partial charge in [-0.05, 0) is 30.5 Å². The molecule has 0 radical (unpaired) electrons. The first-order valence-corrected chi connectivity index (χ1v) is 22.8. The van der Waals surface area contributed by atoms with Gasteiger partial charge in [-0.25, -0.2) is 4.98 Å². The van der Waals surface area contributed by atoms with E-state index in [1.807, 2.05) is 0 Å². The summed E-state index contributed by atoms with van der Waals surface area (Å²) in [6, 6.07) is -6.65. The van der Waals surface area contributed by atoms with E-state index in [0.29, 0.717) is 11.3 Å². The molecule has 0 fully saturated rings. The lowest BCUT2D eigenvalue weighted by Crippen LogP contribution is -2.60. The molecule has 1 aromatic carbocycles. The fourth-order valence-electron chi connectivity index (χ4n) is 6.28. The molecule has 12 amide bonds. The van der Waals surface area contributed by atoms with Crippen molar-refractivity contribution in [3.8, 4) is 5.75 Å². The fourth-order valence-corrected chi connectivity index (χ4v) is 6.53. The summed E-state index contributed by atoms with van der Waals surface area (Å²) in [5.41, 5.74) is 22.0. The first-order chi connectivity index (χ1) is 34.3. The van der Waals surface area contributed by atoms with Gasteiger partial charge in [0, 0.05) is 30.5 Å². The predicted molar refractivity (Wildman–Crippen MR) is 256 cm³/mol. The Bertz CT molecular complexity index is 2290. The number of aromatic hydroxyl groups is 1. The highest BCUT2D eigenvalue weighted by Crippen LogP contribution is 2.12. The maximum atomic E-state index is 13.7. The lowest BCUT2D eigenvalue weighted by Gasteiger charge is -2.27. The number of aromatic nitrogens is 2. The molecule has 0 saturated carbocycles. The second-order valence-electron chi connectivity index (χ2n) is 16.7. The third kappa shape index (κ3) is 21.6. The van der Waals surface area contributed by atoms with Crippen molar-refractivity contribution in [3.05, 3.63) is 48.0 Å². The molecular formula is C42H63N15O15S. The van der Waals surface area contributed by atoms with E-state index in [-0.39, 0.29) is 24.3 Å². The molecule has 0 bridgehead atoms. The maximum Gasteiger partial charge on any atom is 0.245 e. The summed E-state index contributed by atoms with van der Waals surface area (Å²) in [6.45, 7) is 1.64. The van der Waals surface area contributed by atoms with Crippen LogP contribution >= 0.6 is 12.6 Å². The number of carbonyl (C=O) groups excluding carboxylic acids is 12. The van der Waals surface area contributed by atoms with Crippen molar-refractivity contribution in [1.82, 2.24) is 57.8 Å². The fraction of sp³-hybridized carbons (Fsp3) is 0.500. The van der Waals surface area contributed by atoms with E-state index in [4.69, 9.17) is 22.9 Å². The molecule has 402 valence electrons. The topological polar surface area (TPSA) is 507 Å². The minimum absolute atomic E-state index is 0.119. The first kappa shape index (κ1) is 61.2. The van der Waals surface area contributed by atoms with Crippen molar-refractivity contribution in [1.29, 1.82) is 0 Å². The molecule has 0 aliphatic rings. The molecule has 1 heterocycles. The smallest absolute Gasteiger partial charge is 0.245 e. The Balaban J connectivity index is 2.15. The van der Waals surface area contributed by atoms with Crippen molar-refractivity contribution in [2.75, 3.05) is 25.4 Å². The van der Waals surface area contributed by atoms with Gasteiger partial charge in [-0.1, -0.05) is 26.0 Å². The van der Waals surface area contributed by atoms with E-state index in [1.165, 1.54) is 43.7 Å². The van der Waals surface area contributed by atoms with Gasteiger partial charge in [0.05, 0.1) is 45.0 Å². The summed E-state index contributed by atoms with van der Waals surface area (Å²) in [4.78, 5) is 160. The number of nitrogens with two attached hydrogens (primary N) is 4. The molecule has 0 aliphatic heterocycles. The highest BCUT2D eigenvalue weighted by Gasteiger charge is 2.34. The molecular weight excluding hydrogens is 987 g/mol. The number of hydrogen-bond donors (Lipinski definition) is 18. The number of carbonyl (C=O) groups is 12. The van der Waals surface area contributed by atoms with Gasteiger partial charge in [0.2, 0.25) is 70.9 Å². The molecule has 73 heavy (non-hydrogen) atoms. The number of hydrogen-bond acceptors (Lipinski definition) is 18. The van der Waals surface area contributed by atoms with Gasteiger partial charge in [-0.15, -0.1) is 0 Å². The summed E-state index contributed by atoms with van der Waals surface area (Å²) < 4.78 is 0. The van der Waals surface area contributed by atoms with Crippen LogP contribution < -0.4 is 70.8 Å². The molecule has 21 N–H and O–H groups in total. The van der Waals surface area contributed by atoms with Crippen LogP contribution in [0, 0.1) is 5.92 Å². The molecule has 30 nitrogen and oxygen atoms in total. The van der Waals surface area contributed by atoms with Crippen molar-refractivity contribution in [2.45, 2.75) is 101 Å². The first-order valence-electron chi connectivity index (χ1n) is 22.2. The predicted octanol–water partition coefficient (Wildman–Crippen LogP) is -8.95. The average Bonchev–Trinajstić information content (AvgIpc) is 3.84. The van der Waals surface area contributed by atoms with Crippen molar-refractivity contribution in [3.63, 3.8) is 0 Å². The van der Waals surface area contributed by atoms with Crippen LogP contribution in [0.4, 0.5) is 0 Å². The Hall–Kier alpha value is -7.90. The minimum Gasteiger partial charge on any atom is -0.508 e. The van der Waals surface area contributed by atoms with Gasteiger partial charge in [0.25, 0.3) is 0 Å². The van der Waals surface area contributed by atoms with Crippen molar-refractivity contribution in [2.24, 2.45) is 28.9 Å². The van der Waals surface area contributed by atoms with Gasteiger partial charge in [0.1, 0.15) is 54.1 Å². The van der Waals surface area contributed by atoms with Crippen LogP contribution in [0.15, 0.2) is 36.8 Å². The summed E-state index contributed by atoms with van der Waals surface area (Å²) >= 11 is 4.09. The van der Waals surface area contributed by atoms with Crippen molar-refractivity contribution >= 4 is 83.5 Å². The Morgan fingerprint density at radius 1 is 0.616 bits per heavy atom. The summed E-state index contributed by atoms with van der Waals surface area (Å²) in [7, 11) is 0. The zero-order valence-electron chi connectivity index (χ0n) is 39.8. The number of nitrogens with zero attached hydrogens (tertiary/aromatic N) is 1. The number of thiol groups is 1. The molecule has 9 atom stereocenters. The maximum absolute atomic E-state index is 13.7. The Morgan fingerprint density at radius 3 is 1.60 bits per heavy atom. The largest absolute Gasteiger partial charge is 0.508 e. The normalized spacial score (nSPS) is 14.6. The number of primary amides is 3. The third-order valence-corrected chi connectivity index (χ3v) is 10.7. The van der Waals surface area contributed by atoms with Crippen LogP contribution in [0.2, 0.25) is 0 Å². The zero-order valence-corrected chi connectivity index (χ0v) is 40.7. The van der Waals surface area contributed by atoms with Gasteiger partial charge in [-0.3, -0.25) is 57.5 Å². The summed E-state index contributed by atoms with van der Waals surface area (Å²) in [5.74, 6) is -13.2. The summed E-state index contributed by atoms with van der Waals surface area (Å²) in [6.07, 6.45) is -0.585. The van der Waals surface area contributed by atoms with Crippen molar-refractivity contribution < 1.29 is 72.9 Å². The lowest BCUT2D eigenvalue weighted by molar-refractivity contribution is -0.135. The number of H-pyrrole nitrogens is 1. The standard InChI is InChI=1S/C42H63N15O15S/c1-18(2)34(42(72)54-25(9-21-12-47-17-50-21)38(68)56-28(16-73)40(70)52-23(35(46)65)10-29(43)61)57-32(64)14-49-37(67)26(11-30(44)62)51-31(63)13-48-36(66)24(8-20-4-6-22(60)7-5-20)53-39(69)27(15-58)55-41(71)33(45)19(3)59/h4-7,12,17-19,23-28,33-34,58-60,73H,8-11,13-16,45H2,1-3H3,(H2,43,61)(H2,44,62)(H2,46,65)(H,47,50)(H,48,66)(H,49,67)(H,51,63)(H,52,70)(H,53,69)(H,54,72)(H,55,71)(H,56,68)(H,57,64). The van der Waals surface area contributed by atoms with E-state index >= 15 is 0 Å². The lowest BCUT2D eigenvalue weighted by atomic mass is 10.0. The van der Waals surface area contributed by atoms with Gasteiger partial charge < -0.3 is 91.1 Å². The number of nitrogens with one attached hydrogen (secondary N) is 10.